The van der Waals surface area contributed by atoms with Gasteiger partial charge in [0.15, 0.2) is 23.0 Å². The Labute approximate surface area is 282 Å². The summed E-state index contributed by atoms with van der Waals surface area (Å²) in [4.78, 5) is 23.2. The molecule has 0 radical (unpaired) electrons. The number of aromatic nitrogens is 4. The maximum Gasteiger partial charge on any atom is 0.282 e. The van der Waals surface area contributed by atoms with Crippen molar-refractivity contribution >= 4 is 44.4 Å². The van der Waals surface area contributed by atoms with Gasteiger partial charge < -0.3 is 14.7 Å². The Morgan fingerprint density at radius 3 is 2.57 bits per heavy atom. The van der Waals surface area contributed by atoms with Crippen molar-refractivity contribution in [3.8, 4) is 23.3 Å². The summed E-state index contributed by atoms with van der Waals surface area (Å²) in [5.74, 6) is -1.87. The van der Waals surface area contributed by atoms with E-state index in [1.165, 1.54) is 4.90 Å². The molecular weight excluding hydrogens is 624 g/mol. The number of fused-ring (bicyclic) bond motifs is 4. The molecule has 0 unspecified atom stereocenters. The van der Waals surface area contributed by atoms with Crippen LogP contribution in [0.5, 0.6) is 0 Å². The molecule has 2 aliphatic heterocycles. The topological polar surface area (TPSA) is 118 Å². The molecule has 2 saturated heterocycles. The van der Waals surface area contributed by atoms with Crippen LogP contribution < -0.4 is 4.90 Å². The van der Waals surface area contributed by atoms with E-state index in [2.05, 4.69) is 45.8 Å². The second-order valence-corrected chi connectivity index (χ2v) is 13.6. The van der Waals surface area contributed by atoms with E-state index in [0.717, 1.165) is 5.39 Å². The van der Waals surface area contributed by atoms with Gasteiger partial charge in [0.05, 0.1) is 35.7 Å². The summed E-state index contributed by atoms with van der Waals surface area (Å²) in [7, 11) is 4.05. The van der Waals surface area contributed by atoms with Gasteiger partial charge in [-0.2, -0.15) is 10.5 Å². The number of carbonyl (C=O) groups is 1. The largest absolute Gasteiger partial charge is 0.351 e. The van der Waals surface area contributed by atoms with E-state index in [0.29, 0.717) is 75.8 Å². The van der Waals surface area contributed by atoms with Crippen LogP contribution in [0.25, 0.3) is 43.8 Å². The molecule has 0 aliphatic carbocycles. The summed E-state index contributed by atoms with van der Waals surface area (Å²) < 4.78 is 32.9. The van der Waals surface area contributed by atoms with Gasteiger partial charge in [-0.05, 0) is 69.4 Å². The van der Waals surface area contributed by atoms with E-state index >= 15 is 4.39 Å². The fourth-order valence-electron chi connectivity index (χ4n) is 7.54. The van der Waals surface area contributed by atoms with Crippen LogP contribution in [0.1, 0.15) is 43.4 Å². The molecule has 49 heavy (non-hydrogen) atoms. The van der Waals surface area contributed by atoms with Crippen LogP contribution in [-0.2, 0) is 4.79 Å². The van der Waals surface area contributed by atoms with Gasteiger partial charge in [-0.25, -0.2) is 18.4 Å². The molecule has 0 N–H and O–H groups in total. The molecule has 0 spiro atoms. The molecule has 0 saturated carbocycles. The molecule has 248 valence electrons. The van der Waals surface area contributed by atoms with Crippen molar-refractivity contribution in [2.75, 3.05) is 38.6 Å². The van der Waals surface area contributed by atoms with Gasteiger partial charge in [0.25, 0.3) is 5.91 Å². The lowest BCUT2D eigenvalue weighted by Gasteiger charge is -2.52. The average Bonchev–Trinajstić information content (AvgIpc) is 3.52. The quantitative estimate of drug-likeness (QED) is 0.198. The second kappa shape index (κ2) is 11.9. The number of rotatable bonds is 6. The van der Waals surface area contributed by atoms with Gasteiger partial charge >= 0.3 is 0 Å². The predicted molar refractivity (Wildman–Crippen MR) is 184 cm³/mol. The molecule has 2 atom stereocenters. The summed E-state index contributed by atoms with van der Waals surface area (Å²) in [6.07, 6.45) is 0.770. The smallest absolute Gasteiger partial charge is 0.282 e. The minimum absolute atomic E-state index is 0.0133. The number of pyridine rings is 1. The van der Waals surface area contributed by atoms with Crippen molar-refractivity contribution in [3.63, 3.8) is 0 Å². The Morgan fingerprint density at radius 2 is 1.90 bits per heavy atom. The van der Waals surface area contributed by atoms with Crippen LogP contribution >= 0.6 is 0 Å². The Morgan fingerprint density at radius 1 is 1.16 bits per heavy atom. The maximum atomic E-state index is 17.3. The minimum atomic E-state index is -1.07. The SMILES string of the molecule is C=C(F)C(=O)N1CC[C@H](n2nnc3c(N4CC(C)(N(C)C)C4)nc4c(F)c(-c5cccc6cccc(C#N)c56)c(C)cc4c32)C[C@H]1CC#N. The zero-order valence-corrected chi connectivity index (χ0v) is 27.8. The van der Waals surface area contributed by atoms with E-state index in [4.69, 9.17) is 4.98 Å². The molecule has 10 nitrogen and oxygen atoms in total. The van der Waals surface area contributed by atoms with E-state index in [1.54, 1.807) is 10.7 Å². The number of likely N-dealkylation sites (tertiary alicyclic amines) is 1. The molecule has 3 aromatic carbocycles. The fraction of sp³-hybridized carbons (Fsp3) is 0.351. The molecule has 2 aliphatic rings. The number of nitriles is 2. The summed E-state index contributed by atoms with van der Waals surface area (Å²) >= 11 is 0. The number of amides is 1. The number of hydrogen-bond acceptors (Lipinski definition) is 8. The monoisotopic (exact) mass is 659 g/mol. The lowest BCUT2D eigenvalue weighted by molar-refractivity contribution is -0.132. The molecule has 1 amide bonds. The highest BCUT2D eigenvalue weighted by Crippen LogP contribution is 2.43. The molecule has 5 aromatic rings. The predicted octanol–water partition coefficient (Wildman–Crippen LogP) is 6.19. The van der Waals surface area contributed by atoms with Crippen molar-refractivity contribution in [2.24, 2.45) is 0 Å². The summed E-state index contributed by atoms with van der Waals surface area (Å²) in [5.41, 5.74) is 3.27. The van der Waals surface area contributed by atoms with Crippen molar-refractivity contribution < 1.29 is 13.6 Å². The lowest BCUT2D eigenvalue weighted by atomic mass is 9.90. The first kappa shape index (κ1) is 32.1. The highest BCUT2D eigenvalue weighted by Gasteiger charge is 2.43. The Balaban J connectivity index is 1.44. The first-order valence-corrected chi connectivity index (χ1v) is 16.2. The van der Waals surface area contributed by atoms with Crippen molar-refractivity contribution in [3.05, 3.63) is 71.8 Å². The number of likely N-dealkylation sites (N-methyl/N-ethyl adjacent to an activating group) is 1. The van der Waals surface area contributed by atoms with E-state index in [-0.39, 0.29) is 30.1 Å². The second-order valence-electron chi connectivity index (χ2n) is 13.6. The molecule has 7 rings (SSSR count). The Kier molecular flexibility index (Phi) is 7.80. The molecule has 4 heterocycles. The van der Waals surface area contributed by atoms with Gasteiger partial charge in [0.1, 0.15) is 11.0 Å². The normalized spacial score (nSPS) is 18.9. The van der Waals surface area contributed by atoms with Gasteiger partial charge in [-0.15, -0.1) is 5.10 Å². The number of piperidine rings is 1. The maximum absolute atomic E-state index is 17.3. The molecular formula is C37H35F2N9O. The van der Waals surface area contributed by atoms with Gasteiger partial charge in [0, 0.05) is 42.0 Å². The average molecular weight is 660 g/mol. The summed E-state index contributed by atoms with van der Waals surface area (Å²) in [5, 5.41) is 30.8. The molecule has 0 bridgehead atoms. The zero-order valence-electron chi connectivity index (χ0n) is 27.8. The van der Waals surface area contributed by atoms with E-state index in [9.17, 15) is 19.7 Å². The number of halogens is 2. The number of hydrogen-bond donors (Lipinski definition) is 0. The van der Waals surface area contributed by atoms with Crippen LogP contribution in [0.2, 0.25) is 0 Å². The molecule has 2 aromatic heterocycles. The summed E-state index contributed by atoms with van der Waals surface area (Å²) in [6.45, 7) is 8.66. The number of aryl methyl sites for hydroxylation is 1. The minimum Gasteiger partial charge on any atom is -0.351 e. The number of carbonyl (C=O) groups excluding carboxylic acids is 1. The first-order valence-electron chi connectivity index (χ1n) is 16.2. The number of anilines is 1. The standard InChI is InChI=1S/C37H35F2N9O/c1-21-16-28-32(31(39)29(21)27-11-7-9-23-8-6-10-24(18-41)30(23)27)42-35(46-19-37(3,20-46)45(4)5)33-34(28)48(44-43-33)26-13-15-47(36(49)22(2)38)25(17-26)12-14-40/h6-11,16,25-26H,2,12-13,15,17,19-20H2,1,3-5H3/t25-,26+/m1/s1. The number of nitrogens with zero attached hydrogens (tertiary/aromatic N) is 9. The number of benzene rings is 3. The third kappa shape index (κ3) is 5.06. The van der Waals surface area contributed by atoms with Crippen LogP contribution in [0.4, 0.5) is 14.6 Å². The third-order valence-corrected chi connectivity index (χ3v) is 10.4. The third-order valence-electron chi connectivity index (χ3n) is 10.4. The van der Waals surface area contributed by atoms with Crippen LogP contribution in [-0.4, -0.2) is 81.0 Å². The van der Waals surface area contributed by atoms with Crippen molar-refractivity contribution in [1.29, 1.82) is 10.5 Å². The van der Waals surface area contributed by atoms with Gasteiger partial charge in [-0.3, -0.25) is 4.79 Å². The molecule has 12 heteroatoms. The van der Waals surface area contributed by atoms with Crippen LogP contribution in [0.3, 0.4) is 0 Å². The van der Waals surface area contributed by atoms with Gasteiger partial charge in [0.2, 0.25) is 0 Å². The van der Waals surface area contributed by atoms with Gasteiger partial charge in [-0.1, -0.05) is 42.1 Å². The van der Waals surface area contributed by atoms with E-state index in [1.807, 2.05) is 57.4 Å². The highest BCUT2D eigenvalue weighted by molar-refractivity contribution is 6.10. The fourth-order valence-corrected chi connectivity index (χ4v) is 7.54. The lowest BCUT2D eigenvalue weighted by Crippen LogP contribution is -2.67. The van der Waals surface area contributed by atoms with Crippen molar-refractivity contribution in [2.45, 2.75) is 50.7 Å². The Bertz CT molecular complexity index is 2270. The summed E-state index contributed by atoms with van der Waals surface area (Å²) in [6, 6.07) is 16.5. The first-order chi connectivity index (χ1) is 23.5. The molecule has 2 fully saturated rings. The highest BCUT2D eigenvalue weighted by atomic mass is 19.1. The van der Waals surface area contributed by atoms with E-state index < -0.39 is 23.6 Å². The zero-order chi connectivity index (χ0) is 34.8. The van der Waals surface area contributed by atoms with Crippen LogP contribution in [0, 0.1) is 35.4 Å². The van der Waals surface area contributed by atoms with Crippen molar-refractivity contribution in [1.82, 2.24) is 29.8 Å². The Hall–Kier alpha value is -5.46. The van der Waals surface area contributed by atoms with Crippen LogP contribution in [0.15, 0.2) is 54.9 Å².